The van der Waals surface area contributed by atoms with Crippen molar-refractivity contribution in [1.29, 1.82) is 0 Å². The van der Waals surface area contributed by atoms with E-state index < -0.39 is 4.92 Å². The second kappa shape index (κ2) is 4.93. The van der Waals surface area contributed by atoms with Crippen molar-refractivity contribution >= 4 is 5.69 Å². The summed E-state index contributed by atoms with van der Waals surface area (Å²) in [6, 6.07) is 6.64. The van der Waals surface area contributed by atoms with Gasteiger partial charge < -0.3 is 4.74 Å². The van der Waals surface area contributed by atoms with Gasteiger partial charge in [0.25, 0.3) is 0 Å². The Kier molecular flexibility index (Phi) is 3.16. The van der Waals surface area contributed by atoms with E-state index in [0.717, 1.165) is 6.20 Å². The number of benzene rings is 1. The average Bonchev–Trinajstić information content (AvgIpc) is 2.39. The van der Waals surface area contributed by atoms with Gasteiger partial charge in [-0.2, -0.15) is 4.98 Å². The summed E-state index contributed by atoms with van der Waals surface area (Å²) in [6.07, 6.45) is 7.50. The van der Waals surface area contributed by atoms with Crippen LogP contribution in [0, 0.1) is 22.5 Å². The molecule has 2 aromatic rings. The van der Waals surface area contributed by atoms with Crippen molar-refractivity contribution in [1.82, 2.24) is 9.97 Å². The molecule has 6 nitrogen and oxygen atoms in total. The number of hydrogen-bond donors (Lipinski definition) is 0. The Balaban J connectivity index is 2.34. The van der Waals surface area contributed by atoms with Gasteiger partial charge >= 0.3 is 11.6 Å². The third kappa shape index (κ3) is 2.41. The molecule has 0 amide bonds. The van der Waals surface area contributed by atoms with E-state index in [-0.39, 0.29) is 11.6 Å². The van der Waals surface area contributed by atoms with E-state index in [2.05, 4.69) is 15.9 Å². The fourth-order valence-electron chi connectivity index (χ4n) is 1.28. The van der Waals surface area contributed by atoms with Crippen molar-refractivity contribution in [3.8, 4) is 24.0 Å². The molecule has 88 valence electrons. The first-order chi connectivity index (χ1) is 8.70. The van der Waals surface area contributed by atoms with Crippen LogP contribution >= 0.6 is 0 Å². The molecule has 0 unspecified atom stereocenters. The van der Waals surface area contributed by atoms with Crippen molar-refractivity contribution in [2.24, 2.45) is 0 Å². The molecule has 0 aliphatic carbocycles. The first-order valence-electron chi connectivity index (χ1n) is 4.89. The second-order valence-corrected chi connectivity index (χ2v) is 3.24. The smallest absolute Gasteiger partial charge is 0.349 e. The number of rotatable bonds is 3. The Morgan fingerprint density at radius 1 is 1.44 bits per heavy atom. The zero-order chi connectivity index (χ0) is 13.0. The van der Waals surface area contributed by atoms with Crippen LogP contribution in [0.3, 0.4) is 0 Å². The SMILES string of the molecule is C#Cc1cccc(Oc2ncncc2[N+](=O)[O-])c1. The quantitative estimate of drug-likeness (QED) is 0.467. The molecule has 1 heterocycles. The molecule has 0 fully saturated rings. The van der Waals surface area contributed by atoms with Crippen molar-refractivity contribution in [3.63, 3.8) is 0 Å². The summed E-state index contributed by atoms with van der Waals surface area (Å²) >= 11 is 0. The zero-order valence-corrected chi connectivity index (χ0v) is 9.11. The monoisotopic (exact) mass is 241 g/mol. The predicted molar refractivity (Wildman–Crippen MR) is 63.1 cm³/mol. The molecule has 2 rings (SSSR count). The summed E-state index contributed by atoms with van der Waals surface area (Å²) in [6.45, 7) is 0. The fraction of sp³-hybridized carbons (Fsp3) is 0. The molecule has 0 atom stereocenters. The first kappa shape index (κ1) is 11.5. The number of aromatic nitrogens is 2. The van der Waals surface area contributed by atoms with Crippen LogP contribution in [0.25, 0.3) is 0 Å². The van der Waals surface area contributed by atoms with Crippen LogP contribution in [0.2, 0.25) is 0 Å². The molecule has 0 radical (unpaired) electrons. The van der Waals surface area contributed by atoms with E-state index in [1.54, 1.807) is 24.3 Å². The Labute approximate surface area is 102 Å². The topological polar surface area (TPSA) is 78.2 Å². The van der Waals surface area contributed by atoms with Gasteiger partial charge in [0, 0.05) is 5.56 Å². The maximum atomic E-state index is 10.7. The molecule has 1 aromatic heterocycles. The molecule has 0 saturated carbocycles. The van der Waals surface area contributed by atoms with Crippen molar-refractivity contribution < 1.29 is 9.66 Å². The van der Waals surface area contributed by atoms with Crippen LogP contribution in [0.15, 0.2) is 36.8 Å². The van der Waals surface area contributed by atoms with Crippen molar-refractivity contribution in [3.05, 3.63) is 52.5 Å². The minimum absolute atomic E-state index is 0.121. The van der Waals surface area contributed by atoms with Crippen molar-refractivity contribution in [2.45, 2.75) is 0 Å². The number of nitrogens with zero attached hydrogens (tertiary/aromatic N) is 3. The van der Waals surface area contributed by atoms with Gasteiger partial charge in [0.05, 0.1) is 4.92 Å². The summed E-state index contributed by atoms with van der Waals surface area (Å²) in [7, 11) is 0. The molecule has 0 spiro atoms. The number of terminal acetylenes is 1. The highest BCUT2D eigenvalue weighted by molar-refractivity contribution is 5.43. The third-order valence-corrected chi connectivity index (χ3v) is 2.07. The van der Waals surface area contributed by atoms with Crippen molar-refractivity contribution in [2.75, 3.05) is 0 Å². The number of nitro groups is 1. The highest BCUT2D eigenvalue weighted by Gasteiger charge is 2.17. The Morgan fingerprint density at radius 2 is 2.28 bits per heavy atom. The lowest BCUT2D eigenvalue weighted by molar-refractivity contribution is -0.386. The van der Waals surface area contributed by atoms with Crippen LogP contribution in [0.4, 0.5) is 5.69 Å². The van der Waals surface area contributed by atoms with Gasteiger partial charge in [-0.15, -0.1) is 6.42 Å². The maximum Gasteiger partial charge on any atom is 0.349 e. The van der Waals surface area contributed by atoms with Gasteiger partial charge in [-0.1, -0.05) is 12.0 Å². The maximum absolute atomic E-state index is 10.7. The highest BCUT2D eigenvalue weighted by atomic mass is 16.6. The van der Waals surface area contributed by atoms with Crippen LogP contribution in [0.5, 0.6) is 11.6 Å². The molecular weight excluding hydrogens is 234 g/mol. The molecule has 0 aliphatic rings. The standard InChI is InChI=1S/C12H7N3O3/c1-2-9-4-3-5-10(6-9)18-12-11(15(16)17)7-13-8-14-12/h1,3-8H. The van der Waals surface area contributed by atoms with Gasteiger partial charge in [0.2, 0.25) is 0 Å². The van der Waals surface area contributed by atoms with Crippen LogP contribution < -0.4 is 4.74 Å². The van der Waals surface area contributed by atoms with Crippen LogP contribution in [-0.4, -0.2) is 14.9 Å². The van der Waals surface area contributed by atoms with E-state index in [4.69, 9.17) is 11.2 Å². The lowest BCUT2D eigenvalue weighted by Gasteiger charge is -2.04. The van der Waals surface area contributed by atoms with Gasteiger partial charge in [-0.05, 0) is 18.2 Å². The Bertz CT molecular complexity index is 634. The molecule has 6 heteroatoms. The minimum Gasteiger partial charge on any atom is -0.434 e. The van der Waals surface area contributed by atoms with Crippen LogP contribution in [-0.2, 0) is 0 Å². The fourth-order valence-corrected chi connectivity index (χ4v) is 1.28. The van der Waals surface area contributed by atoms with E-state index in [0.29, 0.717) is 11.3 Å². The molecule has 0 bridgehead atoms. The molecular formula is C12H7N3O3. The first-order valence-corrected chi connectivity index (χ1v) is 4.89. The summed E-state index contributed by atoms with van der Waals surface area (Å²) in [4.78, 5) is 17.4. The zero-order valence-electron chi connectivity index (χ0n) is 9.11. The molecule has 1 aromatic carbocycles. The molecule has 0 aliphatic heterocycles. The van der Waals surface area contributed by atoms with E-state index >= 15 is 0 Å². The predicted octanol–water partition coefficient (Wildman–Crippen LogP) is 2.16. The van der Waals surface area contributed by atoms with Gasteiger partial charge in [0.1, 0.15) is 18.3 Å². The third-order valence-electron chi connectivity index (χ3n) is 2.07. The Morgan fingerprint density at radius 3 is 3.00 bits per heavy atom. The number of ether oxygens (including phenoxy) is 1. The van der Waals surface area contributed by atoms with E-state index in [9.17, 15) is 10.1 Å². The second-order valence-electron chi connectivity index (χ2n) is 3.24. The van der Waals surface area contributed by atoms with E-state index in [1.807, 2.05) is 0 Å². The molecule has 18 heavy (non-hydrogen) atoms. The van der Waals surface area contributed by atoms with Gasteiger partial charge in [0.15, 0.2) is 0 Å². The largest absolute Gasteiger partial charge is 0.434 e. The Hall–Kier alpha value is -2.94. The number of hydrogen-bond acceptors (Lipinski definition) is 5. The summed E-state index contributed by atoms with van der Waals surface area (Å²) in [5.74, 6) is 2.70. The summed E-state index contributed by atoms with van der Waals surface area (Å²) in [5.41, 5.74) is 0.313. The molecule has 0 saturated heterocycles. The van der Waals surface area contributed by atoms with E-state index in [1.165, 1.54) is 6.33 Å². The summed E-state index contributed by atoms with van der Waals surface area (Å²) in [5, 5.41) is 10.7. The highest BCUT2D eigenvalue weighted by Crippen LogP contribution is 2.27. The normalized spacial score (nSPS) is 9.50. The van der Waals surface area contributed by atoms with Crippen LogP contribution in [0.1, 0.15) is 5.56 Å². The van der Waals surface area contributed by atoms with Gasteiger partial charge in [-0.3, -0.25) is 10.1 Å². The van der Waals surface area contributed by atoms with Gasteiger partial charge in [-0.25, -0.2) is 4.98 Å². The lowest BCUT2D eigenvalue weighted by Crippen LogP contribution is -1.96. The molecule has 0 N–H and O–H groups in total. The summed E-state index contributed by atoms with van der Waals surface area (Å²) < 4.78 is 5.32. The minimum atomic E-state index is -0.611. The lowest BCUT2D eigenvalue weighted by atomic mass is 10.2. The average molecular weight is 241 g/mol.